The maximum atomic E-state index is 2.45. The second kappa shape index (κ2) is 4.71. The lowest BCUT2D eigenvalue weighted by molar-refractivity contribution is 0.665. The Morgan fingerprint density at radius 2 is 1.68 bits per heavy atom. The fourth-order valence-corrected chi connectivity index (χ4v) is 4.59. The van der Waals surface area contributed by atoms with Gasteiger partial charge >= 0.3 is 0 Å². The Balaban J connectivity index is 1.64. The molecule has 0 N–H and O–H groups in total. The molecule has 1 atom stereocenters. The lowest BCUT2D eigenvalue weighted by Crippen LogP contribution is -2.05. The summed E-state index contributed by atoms with van der Waals surface area (Å²) >= 11 is 0. The molecular formula is C22H20. The van der Waals surface area contributed by atoms with Crippen molar-refractivity contribution in [2.24, 2.45) is 0 Å². The fraction of sp³-hybridized carbons (Fsp3) is 0.273. The average molecular weight is 284 g/mol. The van der Waals surface area contributed by atoms with E-state index >= 15 is 0 Å². The number of fused-ring (bicyclic) bond motifs is 3. The van der Waals surface area contributed by atoms with Gasteiger partial charge < -0.3 is 0 Å². The van der Waals surface area contributed by atoms with Gasteiger partial charge in [0.25, 0.3) is 0 Å². The van der Waals surface area contributed by atoms with Gasteiger partial charge in [0.15, 0.2) is 0 Å². The third-order valence-corrected chi connectivity index (χ3v) is 5.64. The third kappa shape index (κ3) is 1.70. The number of benzene rings is 2. The first-order chi connectivity index (χ1) is 10.9. The molecule has 5 rings (SSSR count). The van der Waals surface area contributed by atoms with Gasteiger partial charge in [0.05, 0.1) is 0 Å². The van der Waals surface area contributed by atoms with Crippen molar-refractivity contribution in [1.82, 2.24) is 0 Å². The van der Waals surface area contributed by atoms with Crippen molar-refractivity contribution in [2.45, 2.75) is 38.0 Å². The Labute approximate surface area is 132 Å². The summed E-state index contributed by atoms with van der Waals surface area (Å²) in [5.41, 5.74) is 10.9. The zero-order chi connectivity index (χ0) is 14.5. The molecule has 1 unspecified atom stereocenters. The van der Waals surface area contributed by atoms with Crippen LogP contribution in [0.2, 0.25) is 0 Å². The average Bonchev–Trinajstić information content (AvgIpc) is 3.16. The number of rotatable bonds is 1. The van der Waals surface area contributed by atoms with Crippen molar-refractivity contribution in [1.29, 1.82) is 0 Å². The molecule has 0 radical (unpaired) electrons. The minimum Gasteiger partial charge on any atom is -0.0727 e. The zero-order valence-electron chi connectivity index (χ0n) is 12.8. The van der Waals surface area contributed by atoms with E-state index in [-0.39, 0.29) is 0 Å². The van der Waals surface area contributed by atoms with E-state index in [0.717, 1.165) is 6.42 Å². The zero-order valence-corrected chi connectivity index (χ0v) is 12.8. The van der Waals surface area contributed by atoms with Crippen LogP contribution in [0.25, 0.3) is 11.1 Å². The van der Waals surface area contributed by atoms with Crippen molar-refractivity contribution < 1.29 is 0 Å². The van der Waals surface area contributed by atoms with Gasteiger partial charge in [-0.2, -0.15) is 0 Å². The minimum absolute atomic E-state index is 0.541. The third-order valence-electron chi connectivity index (χ3n) is 5.64. The lowest BCUT2D eigenvalue weighted by atomic mass is 9.82. The Bertz CT molecular complexity index is 820. The van der Waals surface area contributed by atoms with Gasteiger partial charge in [-0.15, -0.1) is 0 Å². The monoisotopic (exact) mass is 284 g/mol. The Morgan fingerprint density at radius 1 is 0.818 bits per heavy atom. The highest BCUT2D eigenvalue weighted by Gasteiger charge is 2.28. The molecule has 3 aliphatic rings. The van der Waals surface area contributed by atoms with E-state index in [9.17, 15) is 0 Å². The molecule has 0 aromatic heterocycles. The highest BCUT2D eigenvalue weighted by atomic mass is 14.3. The smallest absolute Gasteiger partial charge is 0.0240 e. The van der Waals surface area contributed by atoms with Gasteiger partial charge in [-0.3, -0.25) is 0 Å². The standard InChI is InChI=1S/C22H20/c1-3-8-17-15(6-1)12-13-21(17)20-11-5-10-19-18-9-4-2-7-16(18)14-22(19)20/h2,4-5,7,9-13,21H,1,3,6,8,14H2. The first-order valence-electron chi connectivity index (χ1n) is 8.52. The summed E-state index contributed by atoms with van der Waals surface area (Å²) in [6.45, 7) is 0. The van der Waals surface area contributed by atoms with Gasteiger partial charge in [0.1, 0.15) is 0 Å². The minimum atomic E-state index is 0.541. The SMILES string of the molecule is C1=CC(c2cccc3c2Cc2ccccc2-3)C2=C1CCCC2. The Hall–Kier alpha value is -2.08. The summed E-state index contributed by atoms with van der Waals surface area (Å²) in [4.78, 5) is 0. The lowest BCUT2D eigenvalue weighted by Gasteiger charge is -2.22. The van der Waals surface area contributed by atoms with Crippen molar-refractivity contribution in [2.75, 3.05) is 0 Å². The predicted octanol–water partition coefficient (Wildman–Crippen LogP) is 5.78. The van der Waals surface area contributed by atoms with Crippen LogP contribution in [0.1, 0.15) is 48.3 Å². The van der Waals surface area contributed by atoms with Crippen LogP contribution < -0.4 is 0 Å². The molecule has 0 saturated heterocycles. The van der Waals surface area contributed by atoms with Crippen molar-refractivity contribution in [3.63, 3.8) is 0 Å². The maximum absolute atomic E-state index is 2.45. The van der Waals surface area contributed by atoms with Crippen molar-refractivity contribution in [3.8, 4) is 11.1 Å². The molecule has 2 aromatic carbocycles. The first kappa shape index (κ1) is 12.5. The Kier molecular flexibility index (Phi) is 2.67. The van der Waals surface area contributed by atoms with Crippen LogP contribution in [0.4, 0.5) is 0 Å². The van der Waals surface area contributed by atoms with Crippen molar-refractivity contribution >= 4 is 0 Å². The second-order valence-corrected chi connectivity index (χ2v) is 6.80. The molecule has 3 aliphatic carbocycles. The molecule has 0 nitrogen and oxygen atoms in total. The highest BCUT2D eigenvalue weighted by molar-refractivity contribution is 5.78. The molecular weight excluding hydrogens is 264 g/mol. The summed E-state index contributed by atoms with van der Waals surface area (Å²) in [5.74, 6) is 0.541. The van der Waals surface area contributed by atoms with Crippen LogP contribution >= 0.6 is 0 Å². The summed E-state index contributed by atoms with van der Waals surface area (Å²) in [6, 6.07) is 15.8. The quantitative estimate of drug-likeness (QED) is 0.531. The van der Waals surface area contributed by atoms with E-state index in [2.05, 4.69) is 54.6 Å². The summed E-state index contributed by atoms with van der Waals surface area (Å²) in [6.07, 6.45) is 11.3. The molecule has 0 amide bonds. The van der Waals surface area contributed by atoms with Crippen LogP contribution in [0.15, 0.2) is 65.8 Å². The Morgan fingerprint density at radius 3 is 2.68 bits per heavy atom. The molecule has 0 saturated carbocycles. The largest absolute Gasteiger partial charge is 0.0727 e. The van der Waals surface area contributed by atoms with E-state index in [0.29, 0.717) is 5.92 Å². The van der Waals surface area contributed by atoms with Crippen LogP contribution in [-0.2, 0) is 6.42 Å². The topological polar surface area (TPSA) is 0 Å². The van der Waals surface area contributed by atoms with Crippen LogP contribution in [0, 0.1) is 0 Å². The van der Waals surface area contributed by atoms with Crippen LogP contribution in [0.3, 0.4) is 0 Å². The summed E-state index contributed by atoms with van der Waals surface area (Å²) in [5, 5.41) is 0. The van der Waals surface area contributed by atoms with E-state index in [1.807, 2.05) is 0 Å². The van der Waals surface area contributed by atoms with E-state index in [1.165, 1.54) is 42.4 Å². The molecule has 108 valence electrons. The molecule has 0 fully saturated rings. The van der Waals surface area contributed by atoms with Crippen LogP contribution in [-0.4, -0.2) is 0 Å². The highest BCUT2D eigenvalue weighted by Crippen LogP contribution is 2.46. The molecule has 0 spiro atoms. The van der Waals surface area contributed by atoms with Gasteiger partial charge in [0.2, 0.25) is 0 Å². The van der Waals surface area contributed by atoms with Gasteiger partial charge in [-0.05, 0) is 65.5 Å². The normalized spacial score (nSPS) is 21.7. The summed E-state index contributed by atoms with van der Waals surface area (Å²) in [7, 11) is 0. The molecule has 0 heteroatoms. The van der Waals surface area contributed by atoms with Gasteiger partial charge in [0, 0.05) is 5.92 Å². The molecule has 0 bridgehead atoms. The number of hydrogen-bond acceptors (Lipinski definition) is 0. The fourth-order valence-electron chi connectivity index (χ4n) is 4.59. The van der Waals surface area contributed by atoms with Gasteiger partial charge in [-0.1, -0.05) is 60.2 Å². The molecule has 0 aliphatic heterocycles. The van der Waals surface area contributed by atoms with Crippen molar-refractivity contribution in [3.05, 3.63) is 82.5 Å². The number of hydrogen-bond donors (Lipinski definition) is 0. The first-order valence-corrected chi connectivity index (χ1v) is 8.52. The molecule has 0 heterocycles. The van der Waals surface area contributed by atoms with Gasteiger partial charge in [-0.25, -0.2) is 0 Å². The summed E-state index contributed by atoms with van der Waals surface area (Å²) < 4.78 is 0. The second-order valence-electron chi connectivity index (χ2n) is 6.80. The number of allylic oxidation sites excluding steroid dienone is 4. The van der Waals surface area contributed by atoms with E-state index < -0.39 is 0 Å². The van der Waals surface area contributed by atoms with Crippen LogP contribution in [0.5, 0.6) is 0 Å². The predicted molar refractivity (Wildman–Crippen MR) is 92.1 cm³/mol. The molecule has 2 aromatic rings. The maximum Gasteiger partial charge on any atom is 0.0240 e. The van der Waals surface area contributed by atoms with E-state index in [1.54, 1.807) is 22.3 Å². The van der Waals surface area contributed by atoms with E-state index in [4.69, 9.17) is 0 Å². The molecule has 22 heavy (non-hydrogen) atoms.